The van der Waals surface area contributed by atoms with Crippen LogP contribution in [0.5, 0.6) is 5.75 Å². The third-order valence-electron chi connectivity index (χ3n) is 5.06. The standard InChI is InChI=1S/C19H28N2O2/c1-4-12-23-18-15(19(22)20(5-2)6-3)8-7-9-16(18)21-11-10-14-13-17(14)21/h7-9,14,17H,4-6,10-13H2,1-3H3/t14?,17-/m0/s1. The Labute approximate surface area is 139 Å². The minimum atomic E-state index is 0.0782. The Kier molecular flexibility index (Phi) is 4.79. The fraction of sp³-hybridized carbons (Fsp3) is 0.632. The van der Waals surface area contributed by atoms with E-state index < -0.39 is 0 Å². The van der Waals surface area contributed by atoms with E-state index in [-0.39, 0.29) is 5.91 Å². The van der Waals surface area contributed by atoms with Gasteiger partial charge in [0, 0.05) is 25.7 Å². The van der Waals surface area contributed by atoms with Gasteiger partial charge in [-0.1, -0.05) is 13.0 Å². The Morgan fingerprint density at radius 2 is 2.09 bits per heavy atom. The first-order valence-corrected chi connectivity index (χ1v) is 9.02. The molecule has 2 fully saturated rings. The Bertz CT molecular complexity index is 568. The van der Waals surface area contributed by atoms with Crippen LogP contribution in [0.15, 0.2) is 18.2 Å². The van der Waals surface area contributed by atoms with Gasteiger partial charge in [0.25, 0.3) is 5.91 Å². The summed E-state index contributed by atoms with van der Waals surface area (Å²) in [7, 11) is 0. The zero-order valence-corrected chi connectivity index (χ0v) is 14.5. The van der Waals surface area contributed by atoms with Crippen LogP contribution >= 0.6 is 0 Å². The van der Waals surface area contributed by atoms with E-state index in [0.717, 1.165) is 43.4 Å². The molecule has 1 aromatic carbocycles. The van der Waals surface area contributed by atoms with Gasteiger partial charge in [0.05, 0.1) is 17.9 Å². The highest BCUT2D eigenvalue weighted by Crippen LogP contribution is 2.49. The highest BCUT2D eigenvalue weighted by atomic mass is 16.5. The molecule has 1 aromatic rings. The van der Waals surface area contributed by atoms with Gasteiger partial charge in [0.1, 0.15) is 0 Å². The van der Waals surface area contributed by atoms with Gasteiger partial charge < -0.3 is 14.5 Å². The normalized spacial score (nSPS) is 22.0. The predicted molar refractivity (Wildman–Crippen MR) is 93.3 cm³/mol. The Morgan fingerprint density at radius 3 is 2.65 bits per heavy atom. The number of carbonyl (C=O) groups excluding carboxylic acids is 1. The van der Waals surface area contributed by atoms with Crippen LogP contribution < -0.4 is 9.64 Å². The van der Waals surface area contributed by atoms with Gasteiger partial charge in [0.15, 0.2) is 5.75 Å². The zero-order valence-electron chi connectivity index (χ0n) is 14.5. The fourth-order valence-corrected chi connectivity index (χ4v) is 3.65. The minimum absolute atomic E-state index is 0.0782. The summed E-state index contributed by atoms with van der Waals surface area (Å²) in [6, 6.07) is 6.69. The summed E-state index contributed by atoms with van der Waals surface area (Å²) in [6.07, 6.45) is 3.51. The summed E-state index contributed by atoms with van der Waals surface area (Å²) in [6.45, 7) is 9.32. The summed E-state index contributed by atoms with van der Waals surface area (Å²) in [5, 5.41) is 0. The number of rotatable bonds is 7. The predicted octanol–water partition coefficient (Wildman–Crippen LogP) is 3.56. The van der Waals surface area contributed by atoms with Crippen molar-refractivity contribution in [3.8, 4) is 5.75 Å². The van der Waals surface area contributed by atoms with Crippen molar-refractivity contribution in [2.75, 3.05) is 31.1 Å². The van der Waals surface area contributed by atoms with Crippen molar-refractivity contribution in [3.63, 3.8) is 0 Å². The second-order valence-corrected chi connectivity index (χ2v) is 6.52. The molecule has 1 saturated carbocycles. The Hall–Kier alpha value is -1.71. The maximum atomic E-state index is 12.9. The number of anilines is 1. The van der Waals surface area contributed by atoms with Crippen molar-refractivity contribution in [1.82, 2.24) is 4.90 Å². The third kappa shape index (κ3) is 3.04. The molecule has 0 N–H and O–H groups in total. The Balaban J connectivity index is 1.95. The number of fused-ring (bicyclic) bond motifs is 1. The molecule has 0 radical (unpaired) electrons. The number of hydrogen-bond acceptors (Lipinski definition) is 3. The van der Waals surface area contributed by atoms with Gasteiger partial charge >= 0.3 is 0 Å². The molecule has 0 bridgehead atoms. The second-order valence-electron chi connectivity index (χ2n) is 6.52. The summed E-state index contributed by atoms with van der Waals surface area (Å²) in [5.41, 5.74) is 1.82. The molecule has 1 heterocycles. The number of ether oxygens (including phenoxy) is 1. The van der Waals surface area contributed by atoms with E-state index in [0.29, 0.717) is 18.2 Å². The number of hydrogen-bond donors (Lipinski definition) is 0. The van der Waals surface area contributed by atoms with Crippen LogP contribution in [0.4, 0.5) is 5.69 Å². The van der Waals surface area contributed by atoms with Crippen LogP contribution in [0.1, 0.15) is 50.4 Å². The molecular formula is C19H28N2O2. The molecule has 1 aliphatic heterocycles. The van der Waals surface area contributed by atoms with Gasteiger partial charge in [-0.15, -0.1) is 0 Å². The lowest BCUT2D eigenvalue weighted by atomic mass is 10.1. The number of benzene rings is 1. The van der Waals surface area contributed by atoms with Gasteiger partial charge in [0.2, 0.25) is 0 Å². The van der Waals surface area contributed by atoms with E-state index in [9.17, 15) is 4.79 Å². The molecular weight excluding hydrogens is 288 g/mol. The van der Waals surface area contributed by atoms with Crippen molar-refractivity contribution in [1.29, 1.82) is 0 Å². The first-order valence-electron chi connectivity index (χ1n) is 9.02. The van der Waals surface area contributed by atoms with Gasteiger partial charge in [-0.25, -0.2) is 0 Å². The lowest BCUT2D eigenvalue weighted by molar-refractivity contribution is 0.0768. The van der Waals surface area contributed by atoms with E-state index in [2.05, 4.69) is 17.9 Å². The smallest absolute Gasteiger partial charge is 0.257 e. The van der Waals surface area contributed by atoms with Crippen LogP contribution in [0, 0.1) is 5.92 Å². The number of carbonyl (C=O) groups is 1. The monoisotopic (exact) mass is 316 g/mol. The molecule has 2 aliphatic rings. The van der Waals surface area contributed by atoms with E-state index in [4.69, 9.17) is 4.74 Å². The highest BCUT2D eigenvalue weighted by Gasteiger charge is 2.47. The van der Waals surface area contributed by atoms with Crippen molar-refractivity contribution >= 4 is 11.6 Å². The maximum Gasteiger partial charge on any atom is 0.257 e. The lowest BCUT2D eigenvalue weighted by Gasteiger charge is -2.26. The third-order valence-corrected chi connectivity index (χ3v) is 5.06. The fourth-order valence-electron chi connectivity index (χ4n) is 3.65. The van der Waals surface area contributed by atoms with E-state index in [1.807, 2.05) is 30.9 Å². The quantitative estimate of drug-likeness (QED) is 0.771. The lowest BCUT2D eigenvalue weighted by Crippen LogP contribution is -2.31. The van der Waals surface area contributed by atoms with Gasteiger partial charge in [-0.05, 0) is 51.2 Å². The number of para-hydroxylation sites is 1. The molecule has 23 heavy (non-hydrogen) atoms. The SMILES string of the molecule is CCCOc1c(C(=O)N(CC)CC)cccc1N1CCC2C[C@@H]21. The van der Waals surface area contributed by atoms with Gasteiger partial charge in [-0.2, -0.15) is 0 Å². The van der Waals surface area contributed by atoms with Crippen LogP contribution in [-0.2, 0) is 0 Å². The summed E-state index contributed by atoms with van der Waals surface area (Å²) < 4.78 is 6.07. The van der Waals surface area contributed by atoms with Crippen molar-refractivity contribution in [2.24, 2.45) is 5.92 Å². The Morgan fingerprint density at radius 1 is 1.30 bits per heavy atom. The van der Waals surface area contributed by atoms with Crippen LogP contribution in [0.3, 0.4) is 0 Å². The molecule has 0 aromatic heterocycles. The molecule has 1 aliphatic carbocycles. The highest BCUT2D eigenvalue weighted by molar-refractivity contribution is 5.99. The molecule has 126 valence electrons. The molecule has 3 rings (SSSR count). The van der Waals surface area contributed by atoms with E-state index in [1.165, 1.54) is 12.8 Å². The summed E-state index contributed by atoms with van der Waals surface area (Å²) >= 11 is 0. The number of amides is 1. The molecule has 1 unspecified atom stereocenters. The first-order chi connectivity index (χ1) is 11.2. The van der Waals surface area contributed by atoms with Crippen molar-refractivity contribution in [3.05, 3.63) is 23.8 Å². The number of piperidine rings is 1. The van der Waals surface area contributed by atoms with Crippen LogP contribution in [0.2, 0.25) is 0 Å². The summed E-state index contributed by atoms with van der Waals surface area (Å²) in [4.78, 5) is 17.2. The zero-order chi connectivity index (χ0) is 16.4. The van der Waals surface area contributed by atoms with Crippen LogP contribution in [0.25, 0.3) is 0 Å². The van der Waals surface area contributed by atoms with Crippen molar-refractivity contribution in [2.45, 2.75) is 46.1 Å². The van der Waals surface area contributed by atoms with E-state index >= 15 is 0 Å². The van der Waals surface area contributed by atoms with Gasteiger partial charge in [-0.3, -0.25) is 4.79 Å². The first kappa shape index (κ1) is 16.2. The summed E-state index contributed by atoms with van der Waals surface area (Å²) in [5.74, 6) is 1.73. The number of nitrogens with zero attached hydrogens (tertiary/aromatic N) is 2. The largest absolute Gasteiger partial charge is 0.491 e. The molecule has 4 nitrogen and oxygen atoms in total. The molecule has 0 spiro atoms. The molecule has 4 heteroatoms. The molecule has 1 saturated heterocycles. The second kappa shape index (κ2) is 6.81. The minimum Gasteiger partial charge on any atom is -0.491 e. The topological polar surface area (TPSA) is 32.8 Å². The maximum absolute atomic E-state index is 12.9. The average molecular weight is 316 g/mol. The average Bonchev–Trinajstić information content (AvgIpc) is 3.24. The van der Waals surface area contributed by atoms with Crippen LogP contribution in [-0.4, -0.2) is 43.1 Å². The molecule has 1 amide bonds. The molecule has 2 atom stereocenters. The van der Waals surface area contributed by atoms with E-state index in [1.54, 1.807) is 0 Å². The van der Waals surface area contributed by atoms with Crippen molar-refractivity contribution < 1.29 is 9.53 Å².